The number of amides is 1. The number of carbonyl (C=O) groups excluding carboxylic acids is 1. The van der Waals surface area contributed by atoms with Gasteiger partial charge in [-0.25, -0.2) is 0 Å². The molecule has 0 saturated heterocycles. The predicted octanol–water partition coefficient (Wildman–Crippen LogP) is 4.57. The van der Waals surface area contributed by atoms with Gasteiger partial charge in [-0.15, -0.1) is 13.2 Å². The summed E-state index contributed by atoms with van der Waals surface area (Å²) in [6, 6.07) is 17.2. The Balaban J connectivity index is 2.17. The molecule has 0 fully saturated rings. The number of anilines is 1. The number of hydrogen-bond acceptors (Lipinski definition) is 5. The fraction of sp³-hybridized carbons (Fsp3) is 0.208. The van der Waals surface area contributed by atoms with E-state index >= 15 is 0 Å². The van der Waals surface area contributed by atoms with Gasteiger partial charge >= 0.3 is 0 Å². The van der Waals surface area contributed by atoms with Gasteiger partial charge in [0.15, 0.2) is 5.41 Å². The first-order valence-corrected chi connectivity index (χ1v) is 9.60. The first-order valence-electron chi connectivity index (χ1n) is 9.60. The number of benzene rings is 2. The Morgan fingerprint density at radius 3 is 2.29 bits per heavy atom. The average Bonchev–Trinajstić information content (AvgIpc) is 3.02. The third-order valence-corrected chi connectivity index (χ3v) is 5.76. The van der Waals surface area contributed by atoms with Crippen LogP contribution < -0.4 is 4.90 Å². The fourth-order valence-electron chi connectivity index (χ4n) is 4.29. The molecule has 0 spiro atoms. The molecule has 7 nitrogen and oxygen atoms in total. The van der Waals surface area contributed by atoms with Crippen LogP contribution in [0, 0.1) is 38.2 Å². The highest BCUT2D eigenvalue weighted by Crippen LogP contribution is 2.55. The van der Waals surface area contributed by atoms with Crippen molar-refractivity contribution < 1.29 is 9.72 Å². The van der Waals surface area contributed by atoms with Gasteiger partial charge in [-0.3, -0.25) is 14.9 Å². The van der Waals surface area contributed by atoms with Gasteiger partial charge in [0.2, 0.25) is 5.91 Å². The molecule has 0 radical (unpaired) electrons. The number of carbonyl (C=O) groups is 1. The summed E-state index contributed by atoms with van der Waals surface area (Å²) >= 11 is 0. The highest BCUT2D eigenvalue weighted by molar-refractivity contribution is 6.09. The van der Waals surface area contributed by atoms with E-state index in [0.717, 1.165) is 0 Å². The molecule has 154 valence electrons. The van der Waals surface area contributed by atoms with Gasteiger partial charge in [-0.1, -0.05) is 42.5 Å². The smallest absolute Gasteiger partial charge is 0.269 e. The number of non-ortho nitro benzene ring substituents is 1. The normalized spacial score (nSPS) is 17.4. The van der Waals surface area contributed by atoms with Crippen LogP contribution >= 0.6 is 0 Å². The van der Waals surface area contributed by atoms with Crippen molar-refractivity contribution in [3.8, 4) is 12.1 Å². The molecule has 1 aliphatic rings. The van der Waals surface area contributed by atoms with Crippen LogP contribution in [0.25, 0.3) is 0 Å². The maximum Gasteiger partial charge on any atom is 0.269 e. The quantitative estimate of drug-likeness (QED) is 0.358. The summed E-state index contributed by atoms with van der Waals surface area (Å²) in [4.78, 5) is 25.9. The Morgan fingerprint density at radius 1 is 1.10 bits per heavy atom. The van der Waals surface area contributed by atoms with E-state index in [1.807, 2.05) is 0 Å². The zero-order valence-corrected chi connectivity index (χ0v) is 16.8. The maximum atomic E-state index is 13.9. The minimum atomic E-state index is -1.67. The lowest BCUT2D eigenvalue weighted by Gasteiger charge is -2.37. The van der Waals surface area contributed by atoms with Crippen LogP contribution in [0.1, 0.15) is 24.0 Å². The van der Waals surface area contributed by atoms with Gasteiger partial charge in [-0.05, 0) is 30.0 Å². The van der Waals surface area contributed by atoms with Crippen molar-refractivity contribution in [2.75, 3.05) is 4.90 Å². The van der Waals surface area contributed by atoms with Gasteiger partial charge in [0, 0.05) is 17.8 Å². The fourth-order valence-corrected chi connectivity index (χ4v) is 4.29. The molecule has 0 N–H and O–H groups in total. The van der Waals surface area contributed by atoms with Gasteiger partial charge in [0.1, 0.15) is 5.41 Å². The zero-order valence-electron chi connectivity index (χ0n) is 16.8. The van der Waals surface area contributed by atoms with Crippen molar-refractivity contribution in [2.24, 2.45) is 5.41 Å². The highest BCUT2D eigenvalue weighted by Gasteiger charge is 2.63. The van der Waals surface area contributed by atoms with Crippen molar-refractivity contribution in [1.29, 1.82) is 10.5 Å². The second-order valence-electron chi connectivity index (χ2n) is 7.35. The average molecular weight is 412 g/mol. The zero-order chi connectivity index (χ0) is 22.6. The largest absolute Gasteiger partial charge is 0.307 e. The number of fused-ring (bicyclic) bond motifs is 1. The Kier molecular flexibility index (Phi) is 5.72. The van der Waals surface area contributed by atoms with Crippen LogP contribution in [-0.4, -0.2) is 10.8 Å². The van der Waals surface area contributed by atoms with E-state index in [1.165, 1.54) is 23.1 Å². The van der Waals surface area contributed by atoms with E-state index < -0.39 is 15.8 Å². The monoisotopic (exact) mass is 412 g/mol. The number of nitro benzene ring substituents is 1. The summed E-state index contributed by atoms with van der Waals surface area (Å²) < 4.78 is 0. The molecule has 0 bridgehead atoms. The molecule has 1 heterocycles. The lowest BCUT2D eigenvalue weighted by molar-refractivity contribution is -0.384. The molecule has 0 unspecified atom stereocenters. The Morgan fingerprint density at radius 2 is 1.74 bits per heavy atom. The number of allylic oxidation sites excluding steroid dienone is 2. The second-order valence-corrected chi connectivity index (χ2v) is 7.35. The third-order valence-electron chi connectivity index (χ3n) is 5.76. The van der Waals surface area contributed by atoms with Crippen molar-refractivity contribution in [2.45, 2.75) is 24.8 Å². The van der Waals surface area contributed by atoms with Gasteiger partial charge in [0.05, 0.1) is 23.6 Å². The van der Waals surface area contributed by atoms with Crippen LogP contribution in [0.3, 0.4) is 0 Å². The topological polar surface area (TPSA) is 111 Å². The molecular formula is C24H20N4O3. The Labute approximate surface area is 180 Å². The number of nitro groups is 1. The molecule has 1 atom stereocenters. The number of nitrogens with zero attached hydrogens (tertiary/aromatic N) is 4. The number of nitriles is 2. The molecule has 0 saturated carbocycles. The van der Waals surface area contributed by atoms with E-state index in [0.29, 0.717) is 16.8 Å². The Hall–Kier alpha value is -4.23. The van der Waals surface area contributed by atoms with Crippen molar-refractivity contribution in [3.05, 3.63) is 95.1 Å². The summed E-state index contributed by atoms with van der Waals surface area (Å²) in [7, 11) is 0. The van der Waals surface area contributed by atoms with Crippen LogP contribution in [-0.2, 0) is 16.8 Å². The summed E-state index contributed by atoms with van der Waals surface area (Å²) in [6.07, 6.45) is 3.15. The molecule has 1 aliphatic heterocycles. The highest BCUT2D eigenvalue weighted by atomic mass is 16.6. The van der Waals surface area contributed by atoms with Gasteiger partial charge in [0.25, 0.3) is 5.69 Å². The maximum absolute atomic E-state index is 13.9. The first-order chi connectivity index (χ1) is 14.9. The summed E-state index contributed by atoms with van der Waals surface area (Å²) in [5.74, 6) is -0.378. The summed E-state index contributed by atoms with van der Waals surface area (Å²) in [5, 5.41) is 31.1. The number of hydrogen-bond donors (Lipinski definition) is 0. The SMILES string of the molecule is C=CCC(C#N)(C#N)[C@]1(CC=C)C(=O)N(Cc2ccc([N+](=O)[O-])cc2)c2ccccc21. The van der Waals surface area contributed by atoms with E-state index in [4.69, 9.17) is 0 Å². The molecule has 2 aromatic carbocycles. The van der Waals surface area contributed by atoms with E-state index in [-0.39, 0.29) is 31.0 Å². The van der Waals surface area contributed by atoms with Crippen LogP contribution in [0.2, 0.25) is 0 Å². The Bertz CT molecular complexity index is 1130. The first kappa shape index (κ1) is 21.5. The number of para-hydroxylation sites is 1. The van der Waals surface area contributed by atoms with Gasteiger partial charge in [-0.2, -0.15) is 10.5 Å². The van der Waals surface area contributed by atoms with Crippen molar-refractivity contribution in [1.82, 2.24) is 0 Å². The van der Waals surface area contributed by atoms with Crippen molar-refractivity contribution >= 4 is 17.3 Å². The summed E-state index contributed by atoms with van der Waals surface area (Å²) in [5.41, 5.74) is -1.27. The lowest BCUT2D eigenvalue weighted by atomic mass is 9.58. The molecular weight excluding hydrogens is 392 g/mol. The molecule has 0 aromatic heterocycles. The molecule has 0 aliphatic carbocycles. The standard InChI is InChI=1S/C24H20N4O3/c1-3-13-23(16-25,17-26)24(14-4-2)20-7-5-6-8-21(20)27(22(24)29)15-18-9-11-19(12-10-18)28(30)31/h3-12H,1-2,13-15H2/t24-/m0/s1. The predicted molar refractivity (Wildman–Crippen MR) is 116 cm³/mol. The minimum Gasteiger partial charge on any atom is -0.307 e. The van der Waals surface area contributed by atoms with Crippen LogP contribution in [0.15, 0.2) is 73.8 Å². The molecule has 1 amide bonds. The van der Waals surface area contributed by atoms with Crippen LogP contribution in [0.5, 0.6) is 0 Å². The van der Waals surface area contributed by atoms with Crippen LogP contribution in [0.4, 0.5) is 11.4 Å². The van der Waals surface area contributed by atoms with Crippen molar-refractivity contribution in [3.63, 3.8) is 0 Å². The third kappa shape index (κ3) is 3.17. The molecule has 3 rings (SSSR count). The number of rotatable bonds is 8. The van der Waals surface area contributed by atoms with E-state index in [9.17, 15) is 25.4 Å². The lowest BCUT2D eigenvalue weighted by Crippen LogP contribution is -2.51. The molecule has 2 aromatic rings. The molecule has 31 heavy (non-hydrogen) atoms. The van der Waals surface area contributed by atoms with E-state index in [2.05, 4.69) is 25.3 Å². The van der Waals surface area contributed by atoms with E-state index in [1.54, 1.807) is 42.5 Å². The summed E-state index contributed by atoms with van der Waals surface area (Å²) in [6.45, 7) is 7.61. The second kappa shape index (κ2) is 8.25. The van der Waals surface area contributed by atoms with Gasteiger partial charge < -0.3 is 4.90 Å². The minimum absolute atomic E-state index is 0.0132. The molecule has 7 heteroatoms.